The van der Waals surface area contributed by atoms with Gasteiger partial charge in [0.05, 0.1) is 31.0 Å². The van der Waals surface area contributed by atoms with Crippen molar-refractivity contribution in [2.75, 3.05) is 25.6 Å². The van der Waals surface area contributed by atoms with Gasteiger partial charge in [0.2, 0.25) is 0 Å². The lowest BCUT2D eigenvalue weighted by atomic mass is 9.94. The molecule has 4 rings (SSSR count). The van der Waals surface area contributed by atoms with Crippen molar-refractivity contribution in [2.24, 2.45) is 4.99 Å². The highest BCUT2D eigenvalue weighted by atomic mass is 32.2. The van der Waals surface area contributed by atoms with E-state index in [-0.39, 0.29) is 19.1 Å². The first kappa shape index (κ1) is 24.4. The molecule has 0 aromatic heterocycles. The van der Waals surface area contributed by atoms with E-state index in [4.69, 9.17) is 14.2 Å². The van der Waals surface area contributed by atoms with Crippen molar-refractivity contribution in [2.45, 2.75) is 26.8 Å². The Hall–Kier alpha value is -3.72. The summed E-state index contributed by atoms with van der Waals surface area (Å²) < 4.78 is 16.7. The lowest BCUT2D eigenvalue weighted by Gasteiger charge is -2.33. The van der Waals surface area contributed by atoms with Crippen LogP contribution in [0.3, 0.4) is 0 Å². The number of aliphatic imine (C=N–C) groups is 1. The molecule has 1 amide bonds. The molecule has 1 N–H and O–H groups in total. The number of esters is 1. The summed E-state index contributed by atoms with van der Waals surface area (Å²) in [6.45, 7) is 5.63. The van der Waals surface area contributed by atoms with Gasteiger partial charge in [-0.1, -0.05) is 30.0 Å². The van der Waals surface area contributed by atoms with E-state index in [0.717, 1.165) is 16.3 Å². The number of methoxy groups -OCH3 is 1. The topological polar surface area (TPSA) is 89.5 Å². The number of aryl methyl sites for hydroxylation is 1. The van der Waals surface area contributed by atoms with Gasteiger partial charge in [0.15, 0.2) is 23.3 Å². The first-order valence-electron chi connectivity index (χ1n) is 11.2. The summed E-state index contributed by atoms with van der Waals surface area (Å²) in [4.78, 5) is 31.7. The van der Waals surface area contributed by atoms with Crippen LogP contribution in [-0.2, 0) is 14.3 Å². The number of rotatable bonds is 8. The normalized spacial score (nSPS) is 16.5. The average Bonchev–Trinajstić information content (AvgIpc) is 3.30. The van der Waals surface area contributed by atoms with Gasteiger partial charge in [-0.3, -0.25) is 4.79 Å². The summed E-state index contributed by atoms with van der Waals surface area (Å²) >= 11 is 1.49. The van der Waals surface area contributed by atoms with Crippen molar-refractivity contribution < 1.29 is 23.8 Å². The molecule has 0 aliphatic carbocycles. The summed E-state index contributed by atoms with van der Waals surface area (Å²) in [6, 6.07) is 12.5. The number of carbonyl (C=O) groups excluding carboxylic acids is 2. The van der Waals surface area contributed by atoms with Gasteiger partial charge in [-0.2, -0.15) is 0 Å². The molecule has 35 heavy (non-hydrogen) atoms. The number of carbonyl (C=O) groups is 2. The molecule has 2 aromatic carbocycles. The Kier molecular flexibility index (Phi) is 7.45. The number of hydrogen-bond acceptors (Lipinski definition) is 8. The number of ether oxygens (including phenoxy) is 3. The molecule has 0 saturated carbocycles. The van der Waals surface area contributed by atoms with E-state index in [0.29, 0.717) is 28.5 Å². The van der Waals surface area contributed by atoms with Gasteiger partial charge < -0.3 is 24.4 Å². The van der Waals surface area contributed by atoms with Crippen LogP contribution in [0.2, 0.25) is 0 Å². The van der Waals surface area contributed by atoms with Crippen molar-refractivity contribution in [3.05, 3.63) is 76.5 Å². The Labute approximate surface area is 208 Å². The van der Waals surface area contributed by atoms with E-state index in [2.05, 4.69) is 10.3 Å². The summed E-state index contributed by atoms with van der Waals surface area (Å²) in [6.07, 6.45) is 1.90. The molecule has 0 radical (unpaired) electrons. The van der Waals surface area contributed by atoms with Gasteiger partial charge in [-0.05, 0) is 61.6 Å². The smallest absolute Gasteiger partial charge is 0.338 e. The SMILES string of the molecule is CCOC(=O)C1=C(C)N=C2SC=CN2[C@H]1c1ccc(OCC(=O)Nc2cccc(C)c2)c(OC)c1. The van der Waals surface area contributed by atoms with Gasteiger partial charge >= 0.3 is 5.97 Å². The number of amidine groups is 1. The maximum Gasteiger partial charge on any atom is 0.338 e. The zero-order chi connectivity index (χ0) is 24.9. The standard InChI is InChI=1S/C26H27N3O5S/c1-5-33-25(31)23-17(3)27-26-29(11-12-35-26)24(23)18-9-10-20(21(14-18)32-4)34-15-22(30)28-19-8-6-7-16(2)13-19/h6-14,24H,5,15H2,1-4H3,(H,28,30)/t24-/m0/s1. The third-order valence-corrected chi connectivity index (χ3v) is 6.25. The maximum absolute atomic E-state index is 12.8. The van der Waals surface area contributed by atoms with Crippen molar-refractivity contribution >= 4 is 34.5 Å². The third kappa shape index (κ3) is 5.35. The van der Waals surface area contributed by atoms with Crippen molar-refractivity contribution in [3.63, 3.8) is 0 Å². The number of nitrogens with one attached hydrogen (secondary N) is 1. The quantitative estimate of drug-likeness (QED) is 0.529. The molecular formula is C26H27N3O5S. The highest BCUT2D eigenvalue weighted by Gasteiger charge is 2.37. The fraction of sp³-hybridized carbons (Fsp3) is 0.269. The Bertz CT molecular complexity index is 1240. The number of fused-ring (bicyclic) bond motifs is 1. The molecule has 1 atom stereocenters. The molecule has 2 heterocycles. The second-order valence-electron chi connectivity index (χ2n) is 7.94. The van der Waals surface area contributed by atoms with Crippen LogP contribution in [0.1, 0.15) is 31.0 Å². The minimum absolute atomic E-state index is 0.178. The van der Waals surface area contributed by atoms with Crippen LogP contribution in [0, 0.1) is 6.92 Å². The lowest BCUT2D eigenvalue weighted by Crippen LogP contribution is -2.34. The fourth-order valence-corrected chi connectivity index (χ4v) is 4.73. The van der Waals surface area contributed by atoms with Gasteiger partial charge in [0.1, 0.15) is 0 Å². The van der Waals surface area contributed by atoms with Crippen LogP contribution in [0.5, 0.6) is 11.5 Å². The van der Waals surface area contributed by atoms with E-state index in [1.165, 1.54) is 18.9 Å². The van der Waals surface area contributed by atoms with Crippen LogP contribution < -0.4 is 14.8 Å². The van der Waals surface area contributed by atoms with E-state index in [1.807, 2.05) is 66.8 Å². The summed E-state index contributed by atoms with van der Waals surface area (Å²) in [5, 5.41) is 5.53. The van der Waals surface area contributed by atoms with Crippen molar-refractivity contribution in [1.29, 1.82) is 0 Å². The van der Waals surface area contributed by atoms with Crippen LogP contribution >= 0.6 is 11.8 Å². The summed E-state index contributed by atoms with van der Waals surface area (Å²) in [7, 11) is 1.53. The number of thioether (sulfide) groups is 1. The maximum atomic E-state index is 12.8. The predicted octanol–water partition coefficient (Wildman–Crippen LogP) is 4.79. The fourth-order valence-electron chi connectivity index (χ4n) is 3.93. The molecular weight excluding hydrogens is 466 g/mol. The number of hydrogen-bond donors (Lipinski definition) is 1. The highest BCUT2D eigenvalue weighted by molar-refractivity contribution is 8.16. The van der Waals surface area contributed by atoms with Gasteiger partial charge in [-0.15, -0.1) is 0 Å². The monoisotopic (exact) mass is 493 g/mol. The number of allylic oxidation sites excluding steroid dienone is 1. The van der Waals surface area contributed by atoms with E-state index < -0.39 is 12.0 Å². The number of anilines is 1. The number of benzene rings is 2. The molecule has 0 bridgehead atoms. The summed E-state index contributed by atoms with van der Waals surface area (Å²) in [5.74, 6) is 0.184. The van der Waals surface area contributed by atoms with E-state index in [1.54, 1.807) is 13.0 Å². The molecule has 2 aromatic rings. The van der Waals surface area contributed by atoms with E-state index in [9.17, 15) is 9.59 Å². The molecule has 2 aliphatic heterocycles. The molecule has 0 unspecified atom stereocenters. The molecule has 0 fully saturated rings. The highest BCUT2D eigenvalue weighted by Crippen LogP contribution is 2.43. The molecule has 0 saturated heterocycles. The second kappa shape index (κ2) is 10.7. The first-order valence-corrected chi connectivity index (χ1v) is 12.0. The van der Waals surface area contributed by atoms with Gasteiger partial charge in [0.25, 0.3) is 5.91 Å². The zero-order valence-electron chi connectivity index (χ0n) is 20.0. The molecule has 8 nitrogen and oxygen atoms in total. The third-order valence-electron chi connectivity index (χ3n) is 5.48. The Morgan fingerprint density at radius 3 is 2.71 bits per heavy atom. The van der Waals surface area contributed by atoms with E-state index >= 15 is 0 Å². The molecule has 0 spiro atoms. The summed E-state index contributed by atoms with van der Waals surface area (Å²) in [5.41, 5.74) is 3.65. The van der Waals surface area contributed by atoms with Gasteiger partial charge in [-0.25, -0.2) is 9.79 Å². The van der Waals surface area contributed by atoms with Crippen LogP contribution in [0.15, 0.2) is 70.3 Å². The average molecular weight is 494 g/mol. The van der Waals surface area contributed by atoms with Crippen LogP contribution in [-0.4, -0.2) is 42.3 Å². The second-order valence-corrected chi connectivity index (χ2v) is 8.82. The Morgan fingerprint density at radius 1 is 1.14 bits per heavy atom. The number of amides is 1. The largest absolute Gasteiger partial charge is 0.493 e. The molecule has 182 valence electrons. The predicted molar refractivity (Wildman–Crippen MR) is 136 cm³/mol. The van der Waals surface area contributed by atoms with Crippen molar-refractivity contribution in [1.82, 2.24) is 4.90 Å². The van der Waals surface area contributed by atoms with Crippen LogP contribution in [0.25, 0.3) is 0 Å². The zero-order valence-corrected chi connectivity index (χ0v) is 20.8. The van der Waals surface area contributed by atoms with Crippen LogP contribution in [0.4, 0.5) is 5.69 Å². The van der Waals surface area contributed by atoms with Gasteiger partial charge in [0, 0.05) is 11.9 Å². The Morgan fingerprint density at radius 2 is 1.97 bits per heavy atom. The molecule has 9 heteroatoms. The minimum Gasteiger partial charge on any atom is -0.493 e. The number of nitrogens with zero attached hydrogens (tertiary/aromatic N) is 2. The Balaban J connectivity index is 1.56. The molecule has 2 aliphatic rings. The van der Waals surface area contributed by atoms with Crippen molar-refractivity contribution in [3.8, 4) is 11.5 Å². The first-order chi connectivity index (χ1) is 16.9. The lowest BCUT2D eigenvalue weighted by molar-refractivity contribution is -0.139. The minimum atomic E-state index is -0.430.